The molecule has 2 aliphatic rings. The summed E-state index contributed by atoms with van der Waals surface area (Å²) >= 11 is 0. The largest absolute Gasteiger partial charge is 0.324 e. The van der Waals surface area contributed by atoms with Crippen LogP contribution in [0.4, 0.5) is 0 Å². The van der Waals surface area contributed by atoms with Gasteiger partial charge in [0.15, 0.2) is 0 Å². The van der Waals surface area contributed by atoms with E-state index < -0.39 is 0 Å². The summed E-state index contributed by atoms with van der Waals surface area (Å²) in [5, 5.41) is 4.83. The van der Waals surface area contributed by atoms with Crippen molar-refractivity contribution in [3.8, 4) is 0 Å². The second-order valence-corrected chi connectivity index (χ2v) is 7.65. The molecule has 2 fully saturated rings. The first-order valence-electron chi connectivity index (χ1n) is 8.33. The minimum Gasteiger partial charge on any atom is -0.324 e. The molecule has 3 nitrogen and oxygen atoms in total. The van der Waals surface area contributed by atoms with Crippen molar-refractivity contribution in [2.45, 2.75) is 83.2 Å². The summed E-state index contributed by atoms with van der Waals surface area (Å²) in [5.41, 5.74) is 8.11. The van der Waals surface area contributed by atoms with E-state index in [1.165, 1.54) is 50.6 Å². The maximum absolute atomic E-state index is 6.78. The SMILES string of the molecule is CC1(C)CCCCC1(N)Cc1ccn(C2CCCC2)n1. The van der Waals surface area contributed by atoms with Crippen molar-refractivity contribution in [2.75, 3.05) is 0 Å². The summed E-state index contributed by atoms with van der Waals surface area (Å²) < 4.78 is 2.20. The Morgan fingerprint density at radius 2 is 1.90 bits per heavy atom. The fourth-order valence-electron chi connectivity index (χ4n) is 4.09. The lowest BCUT2D eigenvalue weighted by Gasteiger charge is -2.47. The van der Waals surface area contributed by atoms with E-state index in [0.717, 1.165) is 12.8 Å². The van der Waals surface area contributed by atoms with E-state index in [4.69, 9.17) is 10.8 Å². The molecule has 1 atom stereocenters. The zero-order chi connectivity index (χ0) is 14.2. The molecule has 0 amide bonds. The molecule has 2 saturated carbocycles. The van der Waals surface area contributed by atoms with Crippen LogP contribution < -0.4 is 5.73 Å². The lowest BCUT2D eigenvalue weighted by atomic mass is 9.62. The molecule has 0 saturated heterocycles. The molecule has 0 bridgehead atoms. The normalized spacial score (nSPS) is 30.8. The van der Waals surface area contributed by atoms with Gasteiger partial charge in [0.25, 0.3) is 0 Å². The van der Waals surface area contributed by atoms with Gasteiger partial charge in [-0.2, -0.15) is 5.10 Å². The molecule has 0 radical (unpaired) electrons. The van der Waals surface area contributed by atoms with E-state index in [2.05, 4.69) is 30.8 Å². The Bertz CT molecular complexity index is 457. The van der Waals surface area contributed by atoms with Crippen molar-refractivity contribution in [2.24, 2.45) is 11.1 Å². The number of aromatic nitrogens is 2. The lowest BCUT2D eigenvalue weighted by molar-refractivity contribution is 0.0979. The van der Waals surface area contributed by atoms with Crippen molar-refractivity contribution in [1.29, 1.82) is 0 Å². The molecule has 2 N–H and O–H groups in total. The fourth-order valence-corrected chi connectivity index (χ4v) is 4.09. The van der Waals surface area contributed by atoms with Gasteiger partial charge < -0.3 is 5.73 Å². The highest BCUT2D eigenvalue weighted by molar-refractivity contribution is 5.11. The average Bonchev–Trinajstić information content (AvgIpc) is 3.03. The third kappa shape index (κ3) is 2.52. The number of nitrogens with two attached hydrogens (primary N) is 1. The highest BCUT2D eigenvalue weighted by Crippen LogP contribution is 2.43. The standard InChI is InChI=1S/C17H29N3/c1-16(2)10-5-6-11-17(16,18)13-14-9-12-20(19-14)15-7-3-4-8-15/h9,12,15H,3-8,10-11,13,18H2,1-2H3. The van der Waals surface area contributed by atoms with Crippen LogP contribution in [-0.4, -0.2) is 15.3 Å². The molecule has 0 aromatic carbocycles. The first-order chi connectivity index (χ1) is 9.50. The van der Waals surface area contributed by atoms with Gasteiger partial charge in [0, 0.05) is 18.2 Å². The van der Waals surface area contributed by atoms with Gasteiger partial charge >= 0.3 is 0 Å². The van der Waals surface area contributed by atoms with E-state index in [-0.39, 0.29) is 11.0 Å². The highest BCUT2D eigenvalue weighted by atomic mass is 15.3. The Hall–Kier alpha value is -0.830. The van der Waals surface area contributed by atoms with Gasteiger partial charge in [-0.3, -0.25) is 4.68 Å². The van der Waals surface area contributed by atoms with E-state index in [0.29, 0.717) is 6.04 Å². The Labute approximate surface area is 122 Å². The topological polar surface area (TPSA) is 43.8 Å². The number of hydrogen-bond donors (Lipinski definition) is 1. The lowest BCUT2D eigenvalue weighted by Crippen LogP contribution is -2.56. The molecule has 2 aliphatic carbocycles. The zero-order valence-electron chi connectivity index (χ0n) is 13.1. The predicted octanol–water partition coefficient (Wildman–Crippen LogP) is 3.84. The molecule has 112 valence electrons. The molecule has 3 heteroatoms. The minimum atomic E-state index is -0.0832. The molecular formula is C17H29N3. The number of hydrogen-bond acceptors (Lipinski definition) is 2. The van der Waals surface area contributed by atoms with Gasteiger partial charge in [0.05, 0.1) is 11.7 Å². The van der Waals surface area contributed by atoms with Gasteiger partial charge in [-0.15, -0.1) is 0 Å². The molecule has 1 unspecified atom stereocenters. The average molecular weight is 275 g/mol. The number of nitrogens with zero attached hydrogens (tertiary/aromatic N) is 2. The van der Waals surface area contributed by atoms with E-state index in [1.807, 2.05) is 0 Å². The van der Waals surface area contributed by atoms with E-state index >= 15 is 0 Å². The Kier molecular flexibility index (Phi) is 3.65. The predicted molar refractivity (Wildman–Crippen MR) is 82.6 cm³/mol. The number of rotatable bonds is 3. The van der Waals surface area contributed by atoms with Crippen molar-refractivity contribution >= 4 is 0 Å². The summed E-state index contributed by atoms with van der Waals surface area (Å²) in [7, 11) is 0. The summed E-state index contributed by atoms with van der Waals surface area (Å²) in [6.07, 6.45) is 13.4. The van der Waals surface area contributed by atoms with Crippen molar-refractivity contribution in [3.63, 3.8) is 0 Å². The maximum Gasteiger partial charge on any atom is 0.0643 e. The van der Waals surface area contributed by atoms with Gasteiger partial charge in [-0.1, -0.05) is 39.5 Å². The van der Waals surface area contributed by atoms with Crippen LogP contribution in [-0.2, 0) is 6.42 Å². The highest BCUT2D eigenvalue weighted by Gasteiger charge is 2.43. The molecule has 0 aliphatic heterocycles. The van der Waals surface area contributed by atoms with Gasteiger partial charge in [0.1, 0.15) is 0 Å². The van der Waals surface area contributed by atoms with Crippen molar-refractivity contribution in [3.05, 3.63) is 18.0 Å². The molecule has 0 spiro atoms. The third-order valence-corrected chi connectivity index (χ3v) is 5.88. The maximum atomic E-state index is 6.78. The van der Waals surface area contributed by atoms with Crippen LogP contribution in [0.15, 0.2) is 12.3 Å². The van der Waals surface area contributed by atoms with Crippen LogP contribution >= 0.6 is 0 Å². The zero-order valence-corrected chi connectivity index (χ0v) is 13.1. The smallest absolute Gasteiger partial charge is 0.0643 e. The second-order valence-electron chi connectivity index (χ2n) is 7.65. The Morgan fingerprint density at radius 1 is 1.20 bits per heavy atom. The Balaban J connectivity index is 1.73. The quantitative estimate of drug-likeness (QED) is 0.911. The third-order valence-electron chi connectivity index (χ3n) is 5.88. The second kappa shape index (κ2) is 5.18. The molecule has 1 aromatic heterocycles. The first kappa shape index (κ1) is 14.1. The monoisotopic (exact) mass is 275 g/mol. The summed E-state index contributed by atoms with van der Waals surface area (Å²) in [5.74, 6) is 0. The van der Waals surface area contributed by atoms with Crippen molar-refractivity contribution < 1.29 is 0 Å². The summed E-state index contributed by atoms with van der Waals surface area (Å²) in [6, 6.07) is 2.83. The summed E-state index contributed by atoms with van der Waals surface area (Å²) in [6.45, 7) is 4.67. The fraction of sp³-hybridized carbons (Fsp3) is 0.824. The van der Waals surface area contributed by atoms with Crippen LogP contribution in [0.3, 0.4) is 0 Å². The van der Waals surface area contributed by atoms with Crippen LogP contribution in [0.2, 0.25) is 0 Å². The van der Waals surface area contributed by atoms with E-state index in [1.54, 1.807) is 0 Å². The molecule has 3 rings (SSSR count). The van der Waals surface area contributed by atoms with Gasteiger partial charge in [-0.05, 0) is 37.2 Å². The van der Waals surface area contributed by atoms with Crippen molar-refractivity contribution in [1.82, 2.24) is 9.78 Å². The van der Waals surface area contributed by atoms with Crippen LogP contribution in [0.1, 0.15) is 76.9 Å². The Morgan fingerprint density at radius 3 is 2.60 bits per heavy atom. The minimum absolute atomic E-state index is 0.0832. The van der Waals surface area contributed by atoms with Gasteiger partial charge in [0.2, 0.25) is 0 Å². The first-order valence-corrected chi connectivity index (χ1v) is 8.33. The van der Waals surface area contributed by atoms with Crippen LogP contribution in [0, 0.1) is 5.41 Å². The van der Waals surface area contributed by atoms with E-state index in [9.17, 15) is 0 Å². The molecule has 1 heterocycles. The van der Waals surface area contributed by atoms with Crippen LogP contribution in [0.25, 0.3) is 0 Å². The molecule has 1 aromatic rings. The molecule has 20 heavy (non-hydrogen) atoms. The summed E-state index contributed by atoms with van der Waals surface area (Å²) in [4.78, 5) is 0. The van der Waals surface area contributed by atoms with Crippen LogP contribution in [0.5, 0.6) is 0 Å². The molecular weight excluding hydrogens is 246 g/mol. The van der Waals surface area contributed by atoms with Gasteiger partial charge in [-0.25, -0.2) is 0 Å².